The average Bonchev–Trinajstić information content (AvgIpc) is 3.50. The monoisotopic (exact) mass is 536 g/mol. The number of hydrogen-bond acceptors (Lipinski definition) is 5. The highest BCUT2D eigenvalue weighted by atomic mass is 31.0. The first-order valence-electron chi connectivity index (χ1n) is 12.5. The second-order valence-electron chi connectivity index (χ2n) is 10.3. The number of amides is 2. The van der Waals surface area contributed by atoms with Crippen molar-refractivity contribution in [1.82, 2.24) is 24.8 Å². The molecule has 1 saturated carbocycles. The van der Waals surface area contributed by atoms with Crippen molar-refractivity contribution in [2.24, 2.45) is 12.5 Å². The fraction of sp³-hybridized carbons (Fsp3) is 0.357. The normalized spacial score (nSPS) is 13.7. The molecule has 0 radical (unpaired) electrons. The molecule has 1 atom stereocenters. The Kier molecular flexibility index (Phi) is 7.70. The van der Waals surface area contributed by atoms with E-state index in [9.17, 15) is 14.0 Å². The number of carbonyl (C=O) groups is 2. The van der Waals surface area contributed by atoms with Gasteiger partial charge >= 0.3 is 0 Å². The molecular formula is C28H34FN6O2P. The molecule has 10 heteroatoms. The summed E-state index contributed by atoms with van der Waals surface area (Å²) in [6.07, 6.45) is 5.83. The summed E-state index contributed by atoms with van der Waals surface area (Å²) in [4.78, 5) is 30.0. The van der Waals surface area contributed by atoms with Gasteiger partial charge in [0.2, 0.25) is 5.91 Å². The van der Waals surface area contributed by atoms with Crippen LogP contribution in [0.15, 0.2) is 42.6 Å². The highest BCUT2D eigenvalue weighted by Gasteiger charge is 2.34. The lowest BCUT2D eigenvalue weighted by atomic mass is 10.1. The van der Waals surface area contributed by atoms with E-state index in [0.29, 0.717) is 33.2 Å². The van der Waals surface area contributed by atoms with Crippen LogP contribution in [0.3, 0.4) is 0 Å². The number of benzene rings is 2. The van der Waals surface area contributed by atoms with Crippen molar-refractivity contribution in [2.45, 2.75) is 40.2 Å². The minimum absolute atomic E-state index is 0.0971. The van der Waals surface area contributed by atoms with Crippen LogP contribution >= 0.6 is 9.24 Å². The fourth-order valence-corrected chi connectivity index (χ4v) is 4.49. The molecule has 2 aromatic carbocycles. The Morgan fingerprint density at radius 2 is 1.89 bits per heavy atom. The highest BCUT2D eigenvalue weighted by molar-refractivity contribution is 7.16. The van der Waals surface area contributed by atoms with Gasteiger partial charge in [-0.15, -0.1) is 9.24 Å². The SMILES string of the molecule is CC(=O)N(C)N(Cc1ccc(C)cc1F)C(=O)c1ccc2nc(N)c3cnn(C)c3c2c1.CC1(CP)CC1. The van der Waals surface area contributed by atoms with E-state index in [1.807, 2.05) is 0 Å². The number of rotatable bonds is 4. The van der Waals surface area contributed by atoms with Gasteiger partial charge in [-0.2, -0.15) is 5.10 Å². The third-order valence-corrected chi connectivity index (χ3v) is 8.12. The largest absolute Gasteiger partial charge is 0.383 e. The topological polar surface area (TPSA) is 97.3 Å². The van der Waals surface area contributed by atoms with Gasteiger partial charge in [0.1, 0.15) is 11.6 Å². The van der Waals surface area contributed by atoms with E-state index in [1.165, 1.54) is 49.1 Å². The molecule has 1 aliphatic rings. The molecular weight excluding hydrogens is 502 g/mol. The van der Waals surface area contributed by atoms with Crippen molar-refractivity contribution >= 4 is 48.7 Å². The van der Waals surface area contributed by atoms with Crippen LogP contribution in [0.2, 0.25) is 0 Å². The lowest BCUT2D eigenvalue weighted by Crippen LogP contribution is -2.46. The van der Waals surface area contributed by atoms with E-state index in [4.69, 9.17) is 5.73 Å². The molecule has 2 heterocycles. The molecule has 200 valence electrons. The number of halogens is 1. The first kappa shape index (κ1) is 27.5. The molecule has 0 saturated heterocycles. The molecule has 38 heavy (non-hydrogen) atoms. The third kappa shape index (κ3) is 5.63. The molecule has 0 spiro atoms. The highest BCUT2D eigenvalue weighted by Crippen LogP contribution is 2.46. The molecule has 5 rings (SSSR count). The van der Waals surface area contributed by atoms with Crippen molar-refractivity contribution in [3.8, 4) is 0 Å². The van der Waals surface area contributed by atoms with Gasteiger partial charge in [-0.05, 0) is 61.2 Å². The minimum atomic E-state index is -0.447. The van der Waals surface area contributed by atoms with Gasteiger partial charge in [-0.3, -0.25) is 19.3 Å². The summed E-state index contributed by atoms with van der Waals surface area (Å²) in [5.74, 6) is -0.881. The van der Waals surface area contributed by atoms with Crippen LogP contribution in [-0.4, -0.2) is 49.8 Å². The van der Waals surface area contributed by atoms with Crippen molar-refractivity contribution < 1.29 is 14.0 Å². The Bertz CT molecular complexity index is 1530. The van der Waals surface area contributed by atoms with Crippen molar-refractivity contribution in [3.63, 3.8) is 0 Å². The zero-order valence-corrected chi connectivity index (χ0v) is 23.6. The van der Waals surface area contributed by atoms with Gasteiger partial charge in [0.25, 0.3) is 5.91 Å². The number of nitrogens with zero attached hydrogens (tertiary/aromatic N) is 5. The summed E-state index contributed by atoms with van der Waals surface area (Å²) in [5, 5.41) is 8.04. The van der Waals surface area contributed by atoms with E-state index in [0.717, 1.165) is 16.5 Å². The lowest BCUT2D eigenvalue weighted by molar-refractivity contribution is -0.140. The molecule has 2 amide bonds. The quantitative estimate of drug-likeness (QED) is 0.297. The van der Waals surface area contributed by atoms with E-state index in [-0.39, 0.29) is 12.5 Å². The second-order valence-corrected chi connectivity index (χ2v) is 10.7. The zero-order chi connectivity index (χ0) is 27.8. The summed E-state index contributed by atoms with van der Waals surface area (Å²) in [6.45, 7) is 5.37. The molecule has 0 bridgehead atoms. The van der Waals surface area contributed by atoms with Gasteiger partial charge in [-0.25, -0.2) is 14.4 Å². The fourth-order valence-electron chi connectivity index (χ4n) is 4.08. The van der Waals surface area contributed by atoms with Crippen molar-refractivity contribution in [1.29, 1.82) is 0 Å². The zero-order valence-electron chi connectivity index (χ0n) is 22.5. The van der Waals surface area contributed by atoms with E-state index >= 15 is 0 Å². The smallest absolute Gasteiger partial charge is 0.272 e. The van der Waals surface area contributed by atoms with Crippen LogP contribution in [0.5, 0.6) is 0 Å². The maximum absolute atomic E-state index is 14.5. The number of aryl methyl sites for hydroxylation is 2. The summed E-state index contributed by atoms with van der Waals surface area (Å²) in [5.41, 5.74) is 9.57. The Morgan fingerprint density at radius 1 is 1.18 bits per heavy atom. The van der Waals surface area contributed by atoms with E-state index < -0.39 is 11.7 Å². The van der Waals surface area contributed by atoms with Crippen LogP contribution < -0.4 is 5.73 Å². The average molecular weight is 537 g/mol. The number of hydrogen-bond donors (Lipinski definition) is 1. The van der Waals surface area contributed by atoms with Gasteiger partial charge < -0.3 is 5.73 Å². The van der Waals surface area contributed by atoms with Crippen LogP contribution in [0.25, 0.3) is 21.8 Å². The molecule has 1 aliphatic carbocycles. The van der Waals surface area contributed by atoms with Crippen LogP contribution in [0.1, 0.15) is 48.2 Å². The number of carbonyl (C=O) groups excluding carboxylic acids is 2. The Hall–Kier alpha value is -3.58. The van der Waals surface area contributed by atoms with Crippen LogP contribution in [-0.2, 0) is 18.4 Å². The Labute approximate surface area is 224 Å². The number of nitrogen functional groups attached to an aromatic ring is 1. The number of fused-ring (bicyclic) bond motifs is 3. The van der Waals surface area contributed by atoms with Crippen molar-refractivity contribution in [3.05, 3.63) is 65.1 Å². The minimum Gasteiger partial charge on any atom is -0.383 e. The number of aromatic nitrogens is 3. The summed E-state index contributed by atoms with van der Waals surface area (Å²) in [7, 11) is 6.05. The summed E-state index contributed by atoms with van der Waals surface area (Å²) < 4.78 is 16.2. The summed E-state index contributed by atoms with van der Waals surface area (Å²) >= 11 is 0. The Balaban J connectivity index is 0.000000494. The number of nitrogens with two attached hydrogens (primary N) is 1. The standard InChI is InChI=1S/C23H23FN6O2.C5H11P/c1-13-5-6-16(19(24)9-13)12-30(29(4)14(2)31)23(32)15-7-8-20-17(10-15)21-18(22(25)27-20)11-26-28(21)3;1-5(4-6)2-3-5/h5-11H,12H2,1-4H3,(H2,25,27);2-4,6H2,1H3. The maximum Gasteiger partial charge on any atom is 0.272 e. The molecule has 2 N–H and O–H groups in total. The number of pyridine rings is 1. The predicted octanol–water partition coefficient (Wildman–Crippen LogP) is 4.85. The van der Waals surface area contributed by atoms with Gasteiger partial charge in [0, 0.05) is 37.5 Å². The molecule has 1 fully saturated rings. The number of hydrazine groups is 1. The van der Waals surface area contributed by atoms with Crippen LogP contribution in [0, 0.1) is 18.2 Å². The lowest BCUT2D eigenvalue weighted by Gasteiger charge is -2.31. The van der Waals surface area contributed by atoms with Gasteiger partial charge in [0.15, 0.2) is 0 Å². The van der Waals surface area contributed by atoms with E-state index in [1.54, 1.807) is 55.2 Å². The first-order chi connectivity index (χ1) is 17.9. The molecule has 4 aromatic rings. The number of anilines is 1. The first-order valence-corrected chi connectivity index (χ1v) is 13.3. The van der Waals surface area contributed by atoms with Gasteiger partial charge in [0.05, 0.1) is 29.2 Å². The third-order valence-electron chi connectivity index (χ3n) is 7.13. The summed E-state index contributed by atoms with van der Waals surface area (Å²) in [6, 6.07) is 9.79. The Morgan fingerprint density at radius 3 is 2.47 bits per heavy atom. The maximum atomic E-state index is 14.5. The second kappa shape index (κ2) is 10.7. The molecule has 1 unspecified atom stereocenters. The predicted molar refractivity (Wildman–Crippen MR) is 152 cm³/mol. The van der Waals surface area contributed by atoms with Gasteiger partial charge in [-0.1, -0.05) is 19.1 Å². The molecule has 8 nitrogen and oxygen atoms in total. The van der Waals surface area contributed by atoms with Crippen molar-refractivity contribution in [2.75, 3.05) is 18.9 Å². The molecule has 2 aromatic heterocycles. The van der Waals surface area contributed by atoms with Crippen LogP contribution in [0.4, 0.5) is 10.2 Å². The van der Waals surface area contributed by atoms with E-state index in [2.05, 4.69) is 26.2 Å². The molecule has 0 aliphatic heterocycles.